The van der Waals surface area contributed by atoms with Gasteiger partial charge in [-0.1, -0.05) is 18.9 Å². The molecule has 1 aliphatic heterocycles. The molecule has 0 saturated heterocycles. The first-order valence-electron chi connectivity index (χ1n) is 8.95. The molecule has 2 aliphatic rings. The second-order valence-electron chi connectivity index (χ2n) is 7.08. The Kier molecular flexibility index (Phi) is 3.87. The minimum absolute atomic E-state index is 0.0593. The van der Waals surface area contributed by atoms with Gasteiger partial charge in [0.25, 0.3) is 5.91 Å². The first-order chi connectivity index (χ1) is 11.6. The Morgan fingerprint density at radius 3 is 2.79 bits per heavy atom. The van der Waals surface area contributed by atoms with Gasteiger partial charge in [0.1, 0.15) is 5.82 Å². The number of aromatic nitrogens is 3. The van der Waals surface area contributed by atoms with Crippen LogP contribution in [0, 0.1) is 6.92 Å². The Balaban J connectivity index is 1.72. The Hall–Kier alpha value is -2.17. The van der Waals surface area contributed by atoms with Gasteiger partial charge in [-0.3, -0.25) is 14.4 Å². The highest BCUT2D eigenvalue weighted by molar-refractivity contribution is 6.07. The number of rotatable bonds is 2. The fourth-order valence-electron chi connectivity index (χ4n) is 4.05. The van der Waals surface area contributed by atoms with E-state index < -0.39 is 0 Å². The van der Waals surface area contributed by atoms with E-state index in [0.717, 1.165) is 55.0 Å². The molecule has 5 nitrogen and oxygen atoms in total. The van der Waals surface area contributed by atoms with Gasteiger partial charge in [0.15, 0.2) is 0 Å². The van der Waals surface area contributed by atoms with Crippen LogP contribution < -0.4 is 4.90 Å². The monoisotopic (exact) mass is 324 g/mol. The van der Waals surface area contributed by atoms with Gasteiger partial charge in [0.2, 0.25) is 0 Å². The number of anilines is 1. The second kappa shape index (κ2) is 6.04. The molecular weight excluding hydrogens is 300 g/mol. The summed E-state index contributed by atoms with van der Waals surface area (Å²) in [5.74, 6) is 1.33. The molecule has 0 radical (unpaired) electrons. The second-order valence-corrected chi connectivity index (χ2v) is 7.08. The smallest absolute Gasteiger partial charge is 0.262 e. The fraction of sp³-hybridized carbons (Fsp3) is 0.526. The van der Waals surface area contributed by atoms with Crippen molar-refractivity contribution in [1.82, 2.24) is 14.8 Å². The molecule has 5 heteroatoms. The molecule has 2 aromatic rings. The van der Waals surface area contributed by atoms with E-state index in [1.165, 1.54) is 18.4 Å². The minimum Gasteiger partial charge on any atom is -0.292 e. The number of fused-ring (bicyclic) bond motifs is 1. The third-order valence-electron chi connectivity index (χ3n) is 5.25. The van der Waals surface area contributed by atoms with Crippen LogP contribution in [0.25, 0.3) is 0 Å². The number of hydrogen-bond donors (Lipinski definition) is 0. The van der Waals surface area contributed by atoms with Crippen molar-refractivity contribution in [3.05, 3.63) is 40.8 Å². The van der Waals surface area contributed by atoms with E-state index in [1.54, 1.807) is 4.68 Å². The van der Waals surface area contributed by atoms with Crippen molar-refractivity contribution in [3.8, 4) is 0 Å². The van der Waals surface area contributed by atoms with Crippen molar-refractivity contribution < 1.29 is 4.79 Å². The molecule has 1 amide bonds. The molecule has 0 aromatic carbocycles. The molecule has 0 spiro atoms. The van der Waals surface area contributed by atoms with Gasteiger partial charge in [0.05, 0.1) is 11.3 Å². The molecule has 1 fully saturated rings. The predicted molar refractivity (Wildman–Crippen MR) is 93.4 cm³/mol. The summed E-state index contributed by atoms with van der Waals surface area (Å²) in [5.41, 5.74) is 3.88. The summed E-state index contributed by atoms with van der Waals surface area (Å²) in [6.45, 7) is 2.72. The van der Waals surface area contributed by atoms with Crippen molar-refractivity contribution in [3.63, 3.8) is 0 Å². The Morgan fingerprint density at radius 2 is 2.00 bits per heavy atom. The minimum atomic E-state index is 0.0593. The number of carbonyl (C=O) groups excluding carboxylic acids is 1. The molecule has 3 heterocycles. The number of nitrogens with zero attached hydrogens (tertiary/aromatic N) is 4. The fourth-order valence-corrected chi connectivity index (χ4v) is 4.05. The van der Waals surface area contributed by atoms with E-state index in [9.17, 15) is 4.79 Å². The maximum Gasteiger partial charge on any atom is 0.262 e. The number of carbonyl (C=O) groups is 1. The molecule has 0 atom stereocenters. The summed E-state index contributed by atoms with van der Waals surface area (Å²) < 4.78 is 1.79. The molecule has 4 rings (SSSR count). The zero-order chi connectivity index (χ0) is 16.7. The average molecular weight is 324 g/mol. The number of hydrogen-bond acceptors (Lipinski definition) is 3. The van der Waals surface area contributed by atoms with Crippen molar-refractivity contribution in [2.75, 3.05) is 11.4 Å². The van der Waals surface area contributed by atoms with E-state index in [1.807, 2.05) is 31.1 Å². The van der Waals surface area contributed by atoms with Crippen LogP contribution in [0.5, 0.6) is 0 Å². The van der Waals surface area contributed by atoms with Gasteiger partial charge in [-0.25, -0.2) is 4.98 Å². The number of pyridine rings is 1. The standard InChI is InChI=1S/C19H24N4O/c1-13-9-10-15-8-5-11-23(18(15)20-13)19(24)16-12-22(2)21-17(16)14-6-3-4-7-14/h9-10,12,14H,3-8,11H2,1-2H3. The molecule has 2 aromatic heterocycles. The molecule has 0 N–H and O–H groups in total. The third-order valence-corrected chi connectivity index (χ3v) is 5.25. The highest BCUT2D eigenvalue weighted by Crippen LogP contribution is 2.36. The Bertz CT molecular complexity index is 774. The molecule has 1 saturated carbocycles. The quantitative estimate of drug-likeness (QED) is 0.851. The lowest BCUT2D eigenvalue weighted by Gasteiger charge is -2.28. The first kappa shape index (κ1) is 15.4. The zero-order valence-electron chi connectivity index (χ0n) is 14.5. The molecule has 126 valence electrons. The largest absolute Gasteiger partial charge is 0.292 e. The van der Waals surface area contributed by atoms with Crippen molar-refractivity contribution in [1.29, 1.82) is 0 Å². The van der Waals surface area contributed by atoms with Gasteiger partial charge < -0.3 is 0 Å². The number of amides is 1. The van der Waals surface area contributed by atoms with E-state index in [-0.39, 0.29) is 5.91 Å². The van der Waals surface area contributed by atoms with Gasteiger partial charge in [0, 0.05) is 31.4 Å². The van der Waals surface area contributed by atoms with Crippen LogP contribution in [0.3, 0.4) is 0 Å². The van der Waals surface area contributed by atoms with Crippen LogP contribution in [-0.2, 0) is 13.5 Å². The summed E-state index contributed by atoms with van der Waals surface area (Å²) in [4.78, 5) is 19.8. The normalized spacial score (nSPS) is 18.0. The van der Waals surface area contributed by atoms with Gasteiger partial charge >= 0.3 is 0 Å². The maximum absolute atomic E-state index is 13.3. The average Bonchev–Trinajstić information content (AvgIpc) is 3.22. The van der Waals surface area contributed by atoms with Crippen molar-refractivity contribution in [2.45, 2.75) is 51.4 Å². The highest BCUT2D eigenvalue weighted by Gasteiger charge is 2.31. The van der Waals surface area contributed by atoms with Crippen LogP contribution >= 0.6 is 0 Å². The van der Waals surface area contributed by atoms with Crippen LogP contribution in [0.1, 0.15) is 65.3 Å². The van der Waals surface area contributed by atoms with Gasteiger partial charge in [-0.15, -0.1) is 0 Å². The molecular formula is C19H24N4O. The van der Waals surface area contributed by atoms with Crippen LogP contribution in [0.15, 0.2) is 18.3 Å². The van der Waals surface area contributed by atoms with Crippen LogP contribution in [0.2, 0.25) is 0 Å². The maximum atomic E-state index is 13.3. The lowest BCUT2D eigenvalue weighted by molar-refractivity contribution is 0.0983. The van der Waals surface area contributed by atoms with E-state index in [4.69, 9.17) is 0 Å². The summed E-state index contributed by atoms with van der Waals surface area (Å²) in [5, 5.41) is 4.63. The summed E-state index contributed by atoms with van der Waals surface area (Å²) in [6.07, 6.45) is 8.64. The van der Waals surface area contributed by atoms with Crippen LogP contribution in [0.4, 0.5) is 5.82 Å². The van der Waals surface area contributed by atoms with Crippen molar-refractivity contribution in [2.24, 2.45) is 7.05 Å². The lowest BCUT2D eigenvalue weighted by Crippen LogP contribution is -2.36. The van der Waals surface area contributed by atoms with Crippen LogP contribution in [-0.4, -0.2) is 27.2 Å². The molecule has 1 aliphatic carbocycles. The SMILES string of the molecule is Cc1ccc2c(n1)N(C(=O)c1cn(C)nc1C1CCCC1)CCC2. The molecule has 24 heavy (non-hydrogen) atoms. The third kappa shape index (κ3) is 2.62. The summed E-state index contributed by atoms with van der Waals surface area (Å²) in [6, 6.07) is 4.14. The van der Waals surface area contributed by atoms with E-state index >= 15 is 0 Å². The summed E-state index contributed by atoms with van der Waals surface area (Å²) in [7, 11) is 1.90. The molecule has 0 bridgehead atoms. The van der Waals surface area contributed by atoms with Crippen molar-refractivity contribution >= 4 is 11.7 Å². The highest BCUT2D eigenvalue weighted by atomic mass is 16.2. The molecule has 0 unspecified atom stereocenters. The van der Waals surface area contributed by atoms with E-state index in [0.29, 0.717) is 5.92 Å². The lowest BCUT2D eigenvalue weighted by atomic mass is 9.98. The Labute approximate surface area is 142 Å². The predicted octanol–water partition coefficient (Wildman–Crippen LogP) is 3.37. The zero-order valence-corrected chi connectivity index (χ0v) is 14.5. The summed E-state index contributed by atoms with van der Waals surface area (Å²) >= 11 is 0. The van der Waals surface area contributed by atoms with Gasteiger partial charge in [-0.2, -0.15) is 5.10 Å². The van der Waals surface area contributed by atoms with Gasteiger partial charge in [-0.05, 0) is 44.2 Å². The number of aryl methyl sites for hydroxylation is 3. The Morgan fingerprint density at radius 1 is 1.21 bits per heavy atom. The van der Waals surface area contributed by atoms with E-state index in [2.05, 4.69) is 16.1 Å². The first-order valence-corrected chi connectivity index (χ1v) is 8.95. The topological polar surface area (TPSA) is 51.0 Å².